The van der Waals surface area contributed by atoms with E-state index in [2.05, 4.69) is 14.7 Å². The molecule has 4 aromatic rings. The first kappa shape index (κ1) is 18.5. The number of nitrogens with one attached hydrogen (secondary N) is 1. The summed E-state index contributed by atoms with van der Waals surface area (Å²) in [5.74, 6) is -0.704. The number of hydrogen-bond acceptors (Lipinski definition) is 5. The molecule has 142 valence electrons. The summed E-state index contributed by atoms with van der Waals surface area (Å²) in [6.07, 6.45) is 2.68. The summed E-state index contributed by atoms with van der Waals surface area (Å²) in [6, 6.07) is 8.83. The number of pyridine rings is 1. The average Bonchev–Trinajstić information content (AvgIpc) is 3.21. The number of halogens is 2. The molecular weight excluding hydrogens is 404 g/mol. The fourth-order valence-corrected chi connectivity index (χ4v) is 4.33. The minimum Gasteiger partial charge on any atom is -0.496 e. The summed E-state index contributed by atoms with van der Waals surface area (Å²) in [5, 5.41) is 3.02. The van der Waals surface area contributed by atoms with Crippen molar-refractivity contribution >= 4 is 38.2 Å². The Morgan fingerprint density at radius 3 is 2.71 bits per heavy atom. The van der Waals surface area contributed by atoms with Crippen molar-refractivity contribution < 1.29 is 17.7 Å². The number of benzene rings is 2. The lowest BCUT2D eigenvalue weighted by Gasteiger charge is -2.12. The van der Waals surface area contributed by atoms with Crippen molar-refractivity contribution in [3.63, 3.8) is 0 Å². The molecule has 2 aromatic carbocycles. The van der Waals surface area contributed by atoms with Crippen molar-refractivity contribution in [2.45, 2.75) is 4.90 Å². The predicted molar refractivity (Wildman–Crippen MR) is 106 cm³/mol. The molecule has 1 atom stereocenters. The Bertz CT molecular complexity index is 1180. The van der Waals surface area contributed by atoms with Gasteiger partial charge in [0.15, 0.2) is 16.1 Å². The first-order valence-corrected chi connectivity index (χ1v) is 10.1. The molecule has 0 saturated carbocycles. The van der Waals surface area contributed by atoms with Crippen LogP contribution >= 0.6 is 11.3 Å². The SMILES string of the molecule is COc1cc(F)ccc1-c1ncc(F)c2cc(S(=O)Nc3nccs3)ccc12. The van der Waals surface area contributed by atoms with Crippen LogP contribution in [0.1, 0.15) is 0 Å². The Morgan fingerprint density at radius 1 is 1.11 bits per heavy atom. The van der Waals surface area contributed by atoms with Crippen molar-refractivity contribution in [2.24, 2.45) is 0 Å². The van der Waals surface area contributed by atoms with E-state index in [-0.39, 0.29) is 5.39 Å². The molecule has 5 nitrogen and oxygen atoms in total. The van der Waals surface area contributed by atoms with Gasteiger partial charge in [0.1, 0.15) is 17.4 Å². The topological polar surface area (TPSA) is 64.1 Å². The Balaban J connectivity index is 1.81. The van der Waals surface area contributed by atoms with Crippen molar-refractivity contribution in [1.82, 2.24) is 9.97 Å². The highest BCUT2D eigenvalue weighted by Crippen LogP contribution is 2.35. The molecule has 2 aromatic heterocycles. The van der Waals surface area contributed by atoms with Crippen molar-refractivity contribution in [1.29, 1.82) is 0 Å². The highest BCUT2D eigenvalue weighted by atomic mass is 32.2. The lowest BCUT2D eigenvalue weighted by atomic mass is 10.0. The Labute approximate surface area is 165 Å². The molecule has 0 amide bonds. The zero-order chi connectivity index (χ0) is 19.7. The minimum absolute atomic E-state index is 0.253. The van der Waals surface area contributed by atoms with E-state index in [0.29, 0.717) is 32.4 Å². The third-order valence-corrected chi connectivity index (χ3v) is 5.93. The van der Waals surface area contributed by atoms with Crippen LogP contribution in [-0.2, 0) is 11.0 Å². The van der Waals surface area contributed by atoms with Gasteiger partial charge in [-0.25, -0.2) is 18.0 Å². The zero-order valence-electron chi connectivity index (χ0n) is 14.5. The molecule has 9 heteroatoms. The molecule has 0 radical (unpaired) electrons. The minimum atomic E-state index is -1.60. The normalized spacial score (nSPS) is 12.1. The Kier molecular flexibility index (Phi) is 5.01. The number of rotatable bonds is 5. The first-order valence-electron chi connectivity index (χ1n) is 8.07. The van der Waals surface area contributed by atoms with E-state index in [9.17, 15) is 13.0 Å². The van der Waals surface area contributed by atoms with E-state index in [1.165, 1.54) is 42.7 Å². The number of methoxy groups -OCH3 is 1. The number of aromatic nitrogens is 2. The Hall–Kier alpha value is -2.91. The molecule has 0 fully saturated rings. The van der Waals surface area contributed by atoms with Gasteiger partial charge in [-0.2, -0.15) is 0 Å². The summed E-state index contributed by atoms with van der Waals surface area (Å²) >= 11 is 1.31. The van der Waals surface area contributed by atoms with Gasteiger partial charge in [-0.1, -0.05) is 6.07 Å². The highest BCUT2D eigenvalue weighted by molar-refractivity contribution is 7.86. The molecule has 2 heterocycles. The number of ether oxygens (including phenoxy) is 1. The second-order valence-electron chi connectivity index (χ2n) is 5.71. The van der Waals surface area contributed by atoms with Crippen molar-refractivity contribution in [3.05, 3.63) is 65.8 Å². The smallest absolute Gasteiger partial charge is 0.194 e. The fourth-order valence-electron chi connectivity index (χ4n) is 2.79. The van der Waals surface area contributed by atoms with Crippen LogP contribution in [0.3, 0.4) is 0 Å². The first-order chi connectivity index (χ1) is 13.6. The van der Waals surface area contributed by atoms with Crippen LogP contribution in [0.25, 0.3) is 22.0 Å². The molecule has 0 spiro atoms. The standard InChI is InChI=1S/C19H13F2N3O2S2/c1-26-17-8-11(20)2-4-14(17)18-13-5-3-12(9-15(13)16(21)10-23-18)28(25)24-19-22-6-7-27-19/h2-10H,1H3,(H,22,24). The molecule has 0 aliphatic carbocycles. The van der Waals surface area contributed by atoms with Gasteiger partial charge >= 0.3 is 0 Å². The number of thiazole rings is 1. The van der Waals surface area contributed by atoms with Crippen LogP contribution in [0.5, 0.6) is 5.75 Å². The van der Waals surface area contributed by atoms with E-state index in [1.54, 1.807) is 23.7 Å². The predicted octanol–water partition coefficient (Wildman–Crippen LogP) is 4.78. The van der Waals surface area contributed by atoms with Gasteiger partial charge in [0, 0.05) is 34.0 Å². The number of hydrogen-bond donors (Lipinski definition) is 1. The van der Waals surface area contributed by atoms with E-state index in [4.69, 9.17) is 4.74 Å². The van der Waals surface area contributed by atoms with Gasteiger partial charge in [0.05, 0.1) is 23.9 Å². The molecule has 1 unspecified atom stereocenters. The van der Waals surface area contributed by atoms with Crippen LogP contribution in [-0.4, -0.2) is 21.3 Å². The zero-order valence-corrected chi connectivity index (χ0v) is 16.1. The van der Waals surface area contributed by atoms with E-state index >= 15 is 0 Å². The maximum atomic E-state index is 14.5. The van der Waals surface area contributed by atoms with Crippen LogP contribution < -0.4 is 9.46 Å². The fraction of sp³-hybridized carbons (Fsp3) is 0.0526. The second kappa shape index (κ2) is 7.61. The van der Waals surface area contributed by atoms with E-state index in [1.807, 2.05) is 0 Å². The van der Waals surface area contributed by atoms with Crippen LogP contribution in [0.15, 0.2) is 59.1 Å². The van der Waals surface area contributed by atoms with Crippen LogP contribution in [0.4, 0.5) is 13.9 Å². The molecule has 0 aliphatic heterocycles. The molecule has 4 rings (SSSR count). The molecule has 0 aliphatic rings. The largest absolute Gasteiger partial charge is 0.496 e. The van der Waals surface area contributed by atoms with E-state index in [0.717, 1.165) is 6.20 Å². The summed E-state index contributed by atoms with van der Waals surface area (Å²) < 4.78 is 48.5. The van der Waals surface area contributed by atoms with Gasteiger partial charge < -0.3 is 4.74 Å². The van der Waals surface area contributed by atoms with Gasteiger partial charge in [0.25, 0.3) is 0 Å². The number of nitrogens with zero attached hydrogens (tertiary/aromatic N) is 2. The quantitative estimate of drug-likeness (QED) is 0.508. The number of fused-ring (bicyclic) bond motifs is 1. The molecule has 28 heavy (non-hydrogen) atoms. The molecule has 1 N–H and O–H groups in total. The molecule has 0 saturated heterocycles. The lowest BCUT2D eigenvalue weighted by molar-refractivity contribution is 0.413. The van der Waals surface area contributed by atoms with Gasteiger partial charge in [-0.05, 0) is 24.3 Å². The maximum Gasteiger partial charge on any atom is 0.194 e. The summed E-state index contributed by atoms with van der Waals surface area (Å²) in [6.45, 7) is 0. The number of anilines is 1. The maximum absolute atomic E-state index is 14.5. The third-order valence-electron chi connectivity index (χ3n) is 4.06. The Morgan fingerprint density at radius 2 is 1.96 bits per heavy atom. The van der Waals surface area contributed by atoms with Crippen LogP contribution in [0.2, 0.25) is 0 Å². The summed E-state index contributed by atoms with van der Waals surface area (Å²) in [7, 11) is -0.175. The molecular formula is C19H13F2N3O2S2. The second-order valence-corrected chi connectivity index (χ2v) is 7.82. The van der Waals surface area contributed by atoms with Crippen molar-refractivity contribution in [2.75, 3.05) is 11.8 Å². The van der Waals surface area contributed by atoms with E-state index < -0.39 is 22.6 Å². The van der Waals surface area contributed by atoms with Gasteiger partial charge in [-0.3, -0.25) is 9.71 Å². The van der Waals surface area contributed by atoms with Crippen molar-refractivity contribution in [3.8, 4) is 17.0 Å². The average molecular weight is 417 g/mol. The van der Waals surface area contributed by atoms with Gasteiger partial charge in [-0.15, -0.1) is 11.3 Å². The summed E-state index contributed by atoms with van der Waals surface area (Å²) in [4.78, 5) is 8.59. The van der Waals surface area contributed by atoms with Crippen LogP contribution in [0, 0.1) is 11.6 Å². The third kappa shape index (κ3) is 3.46. The lowest BCUT2D eigenvalue weighted by Crippen LogP contribution is -2.04. The molecule has 0 bridgehead atoms. The van der Waals surface area contributed by atoms with Gasteiger partial charge in [0.2, 0.25) is 0 Å². The monoisotopic (exact) mass is 417 g/mol. The summed E-state index contributed by atoms with van der Waals surface area (Å²) in [5.41, 5.74) is 0.974. The highest BCUT2D eigenvalue weighted by Gasteiger charge is 2.16.